The van der Waals surface area contributed by atoms with Crippen molar-refractivity contribution in [3.8, 4) is 22.5 Å². The Balaban J connectivity index is 1.65. The summed E-state index contributed by atoms with van der Waals surface area (Å²) >= 11 is 0. The summed E-state index contributed by atoms with van der Waals surface area (Å²) in [6.07, 6.45) is 4.79. The molecule has 0 aliphatic rings. The van der Waals surface area contributed by atoms with Gasteiger partial charge in [-0.15, -0.1) is 0 Å². The molecular weight excluding hydrogens is 448 g/mol. The van der Waals surface area contributed by atoms with E-state index in [4.69, 9.17) is 9.97 Å². The van der Waals surface area contributed by atoms with Crippen LogP contribution in [0.4, 0.5) is 0 Å². The third-order valence-electron chi connectivity index (χ3n) is 7.73. The van der Waals surface area contributed by atoms with E-state index in [1.165, 1.54) is 47.9 Å². The summed E-state index contributed by atoms with van der Waals surface area (Å²) in [4.78, 5) is 10.3. The highest BCUT2D eigenvalue weighted by Crippen LogP contribution is 2.33. The summed E-state index contributed by atoms with van der Waals surface area (Å²) in [6, 6.07) is 30.5. The Labute approximate surface area is 224 Å². The molecule has 2 aromatic heterocycles. The van der Waals surface area contributed by atoms with Crippen molar-refractivity contribution in [1.82, 2.24) is 9.97 Å². The van der Waals surface area contributed by atoms with Gasteiger partial charge in [-0.2, -0.15) is 0 Å². The second kappa shape index (κ2) is 11.9. The topological polar surface area (TPSA) is 25.8 Å². The van der Waals surface area contributed by atoms with Gasteiger partial charge in [0.1, 0.15) is 0 Å². The highest BCUT2D eigenvalue weighted by molar-refractivity contribution is 5.62. The van der Waals surface area contributed by atoms with Crippen molar-refractivity contribution in [2.45, 2.75) is 84.5 Å². The quantitative estimate of drug-likeness (QED) is 0.221. The summed E-state index contributed by atoms with van der Waals surface area (Å²) in [5.41, 5.74) is 8.91. The number of pyridine rings is 2. The minimum Gasteiger partial charge on any atom is -0.252 e. The minimum absolute atomic E-state index is 0.327. The van der Waals surface area contributed by atoms with Gasteiger partial charge in [0.15, 0.2) is 0 Å². The Morgan fingerprint density at radius 1 is 0.595 bits per heavy atom. The van der Waals surface area contributed by atoms with Crippen molar-refractivity contribution in [1.29, 1.82) is 0 Å². The van der Waals surface area contributed by atoms with E-state index >= 15 is 0 Å². The van der Waals surface area contributed by atoms with Gasteiger partial charge in [-0.3, -0.25) is 9.97 Å². The first-order chi connectivity index (χ1) is 17.8. The van der Waals surface area contributed by atoms with Crippen LogP contribution in [0.15, 0.2) is 84.9 Å². The maximum Gasteiger partial charge on any atom is 0.0705 e. The van der Waals surface area contributed by atoms with Gasteiger partial charge in [0.05, 0.1) is 22.8 Å². The van der Waals surface area contributed by atoms with Gasteiger partial charge < -0.3 is 0 Å². The van der Waals surface area contributed by atoms with Crippen LogP contribution in [0.5, 0.6) is 0 Å². The fourth-order valence-corrected chi connectivity index (χ4v) is 5.23. The molecule has 0 aliphatic carbocycles. The molecule has 2 aromatic carbocycles. The molecule has 0 spiro atoms. The minimum atomic E-state index is -0.327. The second-order valence-electron chi connectivity index (χ2n) is 11.1. The molecule has 0 saturated heterocycles. The van der Waals surface area contributed by atoms with Crippen molar-refractivity contribution < 1.29 is 0 Å². The molecule has 2 nitrogen and oxygen atoms in total. The Bertz CT molecular complexity index is 1220. The summed E-state index contributed by atoms with van der Waals surface area (Å²) < 4.78 is 0. The summed E-state index contributed by atoms with van der Waals surface area (Å²) in [7, 11) is 0. The third kappa shape index (κ3) is 6.18. The Kier molecular flexibility index (Phi) is 8.59. The van der Waals surface area contributed by atoms with Crippen molar-refractivity contribution in [2.75, 3.05) is 0 Å². The fraction of sp³-hybridized carbons (Fsp3) is 0.371. The molecule has 0 aliphatic heterocycles. The molecule has 2 unspecified atom stereocenters. The molecule has 0 amide bonds. The van der Waals surface area contributed by atoms with E-state index in [9.17, 15) is 0 Å². The van der Waals surface area contributed by atoms with Crippen LogP contribution in [0.1, 0.15) is 102 Å². The van der Waals surface area contributed by atoms with E-state index in [0.29, 0.717) is 11.8 Å². The molecule has 0 bridgehead atoms. The number of hydrogen-bond donors (Lipinski definition) is 0. The highest BCUT2D eigenvalue weighted by atomic mass is 14.8. The average molecular weight is 491 g/mol. The summed E-state index contributed by atoms with van der Waals surface area (Å²) in [6.45, 7) is 13.6. The van der Waals surface area contributed by atoms with Crippen LogP contribution in [0.2, 0.25) is 0 Å². The predicted octanol–water partition coefficient (Wildman–Crippen LogP) is 9.94. The predicted molar refractivity (Wildman–Crippen MR) is 158 cm³/mol. The van der Waals surface area contributed by atoms with Crippen LogP contribution in [0.3, 0.4) is 0 Å². The lowest BCUT2D eigenvalue weighted by atomic mass is 9.84. The number of aromatic nitrogens is 2. The number of benzene rings is 2. The van der Waals surface area contributed by atoms with Gasteiger partial charge >= 0.3 is 0 Å². The lowest BCUT2D eigenvalue weighted by Crippen LogP contribution is -2.22. The lowest BCUT2D eigenvalue weighted by Gasteiger charge is -2.25. The van der Waals surface area contributed by atoms with Crippen LogP contribution in [-0.4, -0.2) is 9.97 Å². The molecular formula is C35H42N2. The van der Waals surface area contributed by atoms with Gasteiger partial charge in [-0.25, -0.2) is 0 Å². The highest BCUT2D eigenvalue weighted by Gasteiger charge is 2.27. The molecule has 37 heavy (non-hydrogen) atoms. The number of hydrogen-bond acceptors (Lipinski definition) is 2. The molecule has 2 atom stereocenters. The summed E-state index contributed by atoms with van der Waals surface area (Å²) in [5, 5.41) is 0. The SMILES string of the molecule is CCCC(C)c1cccc(-c2cccc(C(C)(C)c3cccc(-c4cccc(C(C)CCC)c4)n3)n2)c1. The number of rotatable bonds is 10. The maximum absolute atomic E-state index is 5.16. The van der Waals surface area contributed by atoms with Gasteiger partial charge in [0, 0.05) is 16.5 Å². The van der Waals surface area contributed by atoms with E-state index in [1.807, 2.05) is 0 Å². The van der Waals surface area contributed by atoms with Crippen molar-refractivity contribution >= 4 is 0 Å². The van der Waals surface area contributed by atoms with Crippen molar-refractivity contribution in [3.63, 3.8) is 0 Å². The van der Waals surface area contributed by atoms with Crippen LogP contribution >= 0.6 is 0 Å². The Hall–Kier alpha value is -3.26. The van der Waals surface area contributed by atoms with Gasteiger partial charge in [-0.05, 0) is 86.1 Å². The van der Waals surface area contributed by atoms with Crippen LogP contribution in [0.25, 0.3) is 22.5 Å². The molecule has 0 radical (unpaired) electrons. The monoisotopic (exact) mass is 490 g/mol. The molecule has 2 heteroatoms. The number of nitrogens with zero attached hydrogens (tertiary/aromatic N) is 2. The summed E-state index contributed by atoms with van der Waals surface area (Å²) in [5.74, 6) is 1.11. The normalized spacial score (nSPS) is 13.4. The Morgan fingerprint density at radius 2 is 1.00 bits per heavy atom. The molecule has 4 aromatic rings. The van der Waals surface area contributed by atoms with E-state index in [0.717, 1.165) is 22.8 Å². The standard InChI is InChI=1S/C35H42N2/c1-7-13-25(3)27-15-9-17-29(23-27)31-19-11-21-33(36-31)35(5,6)34-22-12-20-32(37-34)30-18-10-16-28(24-30)26(4)14-8-2/h9-12,15-26H,7-8,13-14H2,1-6H3. The molecule has 0 fully saturated rings. The molecule has 192 valence electrons. The van der Waals surface area contributed by atoms with E-state index in [-0.39, 0.29) is 5.41 Å². The molecule has 0 N–H and O–H groups in total. The zero-order valence-corrected chi connectivity index (χ0v) is 23.5. The van der Waals surface area contributed by atoms with Crippen LogP contribution < -0.4 is 0 Å². The zero-order valence-electron chi connectivity index (χ0n) is 23.5. The zero-order chi connectivity index (χ0) is 26.4. The fourth-order valence-electron chi connectivity index (χ4n) is 5.23. The molecule has 0 saturated carbocycles. The van der Waals surface area contributed by atoms with E-state index in [2.05, 4.69) is 126 Å². The van der Waals surface area contributed by atoms with Crippen LogP contribution in [-0.2, 0) is 5.41 Å². The van der Waals surface area contributed by atoms with E-state index < -0.39 is 0 Å². The van der Waals surface area contributed by atoms with Crippen molar-refractivity contribution in [3.05, 3.63) is 107 Å². The smallest absolute Gasteiger partial charge is 0.0705 e. The third-order valence-corrected chi connectivity index (χ3v) is 7.73. The van der Waals surface area contributed by atoms with E-state index in [1.54, 1.807) is 0 Å². The van der Waals surface area contributed by atoms with Crippen molar-refractivity contribution in [2.24, 2.45) is 0 Å². The van der Waals surface area contributed by atoms with Gasteiger partial charge in [0.2, 0.25) is 0 Å². The lowest BCUT2D eigenvalue weighted by molar-refractivity contribution is 0.597. The Morgan fingerprint density at radius 3 is 1.41 bits per heavy atom. The van der Waals surface area contributed by atoms with Crippen LogP contribution in [0, 0.1) is 0 Å². The van der Waals surface area contributed by atoms with Gasteiger partial charge in [0.25, 0.3) is 0 Å². The first-order valence-corrected chi connectivity index (χ1v) is 14.0. The second-order valence-corrected chi connectivity index (χ2v) is 11.1. The molecule has 4 rings (SSSR count). The molecule has 2 heterocycles. The first-order valence-electron chi connectivity index (χ1n) is 14.0. The average Bonchev–Trinajstić information content (AvgIpc) is 2.93. The van der Waals surface area contributed by atoms with Gasteiger partial charge in [-0.1, -0.05) is 89.1 Å². The first kappa shape index (κ1) is 26.8. The largest absolute Gasteiger partial charge is 0.252 e. The maximum atomic E-state index is 5.16.